The summed E-state index contributed by atoms with van der Waals surface area (Å²) >= 11 is 1.57. The van der Waals surface area contributed by atoms with Crippen molar-refractivity contribution in [1.82, 2.24) is 4.98 Å². The summed E-state index contributed by atoms with van der Waals surface area (Å²) in [5, 5.41) is 12.1. The van der Waals surface area contributed by atoms with Crippen LogP contribution in [0.2, 0.25) is 0 Å². The monoisotopic (exact) mass is 281 g/mol. The van der Waals surface area contributed by atoms with E-state index in [0.29, 0.717) is 11.5 Å². The summed E-state index contributed by atoms with van der Waals surface area (Å²) in [6.07, 6.45) is 0. The molecule has 0 fully saturated rings. The van der Waals surface area contributed by atoms with E-state index in [0.717, 1.165) is 10.7 Å². The molecule has 102 valence electrons. The van der Waals surface area contributed by atoms with Gasteiger partial charge in [-0.25, -0.2) is 9.37 Å². The number of benzene rings is 1. The molecule has 5 heteroatoms. The molecule has 0 amide bonds. The fourth-order valence-electron chi connectivity index (χ4n) is 1.64. The van der Waals surface area contributed by atoms with Crippen molar-refractivity contribution in [3.63, 3.8) is 0 Å². The lowest BCUT2D eigenvalue weighted by Gasteiger charge is -2.09. The Morgan fingerprint density at radius 3 is 2.84 bits per heavy atom. The third-order valence-corrected chi connectivity index (χ3v) is 3.84. The molecule has 1 aromatic carbocycles. The molecule has 1 N–H and O–H groups in total. The van der Waals surface area contributed by atoms with Crippen molar-refractivity contribution in [2.45, 2.75) is 33.0 Å². The van der Waals surface area contributed by atoms with E-state index in [9.17, 15) is 4.39 Å². The second-order valence-electron chi connectivity index (χ2n) is 4.51. The Kier molecular flexibility index (Phi) is 4.50. The third-order valence-electron chi connectivity index (χ3n) is 2.65. The van der Waals surface area contributed by atoms with Gasteiger partial charge in [0.1, 0.15) is 6.61 Å². The molecular weight excluding hydrogens is 265 g/mol. The molecule has 0 bridgehead atoms. The molecule has 0 saturated carbocycles. The number of halogens is 1. The van der Waals surface area contributed by atoms with Crippen LogP contribution in [0.1, 0.15) is 36.0 Å². The Bertz CT molecular complexity index is 554. The second-order valence-corrected chi connectivity index (χ2v) is 5.40. The van der Waals surface area contributed by atoms with Gasteiger partial charge in [0, 0.05) is 16.9 Å². The van der Waals surface area contributed by atoms with E-state index in [-0.39, 0.29) is 19.0 Å². The van der Waals surface area contributed by atoms with Crippen molar-refractivity contribution in [1.29, 1.82) is 0 Å². The molecule has 0 spiro atoms. The fraction of sp³-hybridized carbons (Fsp3) is 0.357. The minimum atomic E-state index is -0.467. The predicted molar refractivity (Wildman–Crippen MR) is 72.9 cm³/mol. The molecule has 0 aliphatic carbocycles. The van der Waals surface area contributed by atoms with Crippen LogP contribution in [0.5, 0.6) is 5.75 Å². The number of hydrogen-bond donors (Lipinski definition) is 1. The number of rotatable bonds is 5. The topological polar surface area (TPSA) is 42.4 Å². The molecular formula is C14H16FNO2S. The number of aliphatic hydroxyl groups is 1. The fourth-order valence-corrected chi connectivity index (χ4v) is 2.46. The lowest BCUT2D eigenvalue weighted by atomic mass is 10.2. The summed E-state index contributed by atoms with van der Waals surface area (Å²) in [4.78, 5) is 4.42. The lowest BCUT2D eigenvalue weighted by Crippen LogP contribution is -2.01. The third kappa shape index (κ3) is 3.30. The summed E-state index contributed by atoms with van der Waals surface area (Å²) in [6.45, 7) is 4.10. The van der Waals surface area contributed by atoms with Gasteiger partial charge in [-0.2, -0.15) is 0 Å². The smallest absolute Gasteiger partial charge is 0.165 e. The molecule has 1 heterocycles. The van der Waals surface area contributed by atoms with E-state index in [2.05, 4.69) is 18.8 Å². The van der Waals surface area contributed by atoms with Crippen molar-refractivity contribution in [2.24, 2.45) is 0 Å². The van der Waals surface area contributed by atoms with Crippen molar-refractivity contribution in [3.8, 4) is 5.75 Å². The maximum absolute atomic E-state index is 13.6. The van der Waals surface area contributed by atoms with Gasteiger partial charge in [0.05, 0.1) is 17.3 Å². The molecule has 0 radical (unpaired) electrons. The zero-order valence-electron chi connectivity index (χ0n) is 10.9. The van der Waals surface area contributed by atoms with Crippen LogP contribution in [0.25, 0.3) is 0 Å². The summed E-state index contributed by atoms with van der Waals surface area (Å²) in [7, 11) is 0. The van der Waals surface area contributed by atoms with Crippen molar-refractivity contribution < 1.29 is 14.2 Å². The van der Waals surface area contributed by atoms with E-state index in [1.165, 1.54) is 6.07 Å². The maximum atomic E-state index is 13.6. The Morgan fingerprint density at radius 1 is 1.42 bits per heavy atom. The summed E-state index contributed by atoms with van der Waals surface area (Å²) in [5.74, 6) is 0.00942. The Morgan fingerprint density at radius 2 is 2.21 bits per heavy atom. The first-order chi connectivity index (χ1) is 9.11. The van der Waals surface area contributed by atoms with Crippen molar-refractivity contribution in [3.05, 3.63) is 45.7 Å². The quantitative estimate of drug-likeness (QED) is 0.912. The molecule has 0 aliphatic heterocycles. The number of aromatic nitrogens is 1. The minimum absolute atomic E-state index is 0.101. The molecule has 3 nitrogen and oxygen atoms in total. The highest BCUT2D eigenvalue weighted by Gasteiger charge is 2.11. The number of ether oxygens (including phenoxy) is 1. The highest BCUT2D eigenvalue weighted by molar-refractivity contribution is 7.09. The normalized spacial score (nSPS) is 11.0. The van der Waals surface area contributed by atoms with Gasteiger partial charge in [0.15, 0.2) is 11.6 Å². The first-order valence-electron chi connectivity index (χ1n) is 6.07. The van der Waals surface area contributed by atoms with Gasteiger partial charge in [-0.05, 0) is 6.07 Å². The van der Waals surface area contributed by atoms with Crippen LogP contribution < -0.4 is 4.74 Å². The number of hydrogen-bond acceptors (Lipinski definition) is 4. The minimum Gasteiger partial charge on any atom is -0.484 e. The molecule has 2 rings (SSSR count). The first kappa shape index (κ1) is 14.0. The Balaban J connectivity index is 2.09. The van der Waals surface area contributed by atoms with Crippen LogP contribution in [0.4, 0.5) is 4.39 Å². The van der Waals surface area contributed by atoms with Gasteiger partial charge in [0.2, 0.25) is 0 Å². The average Bonchev–Trinajstić information content (AvgIpc) is 2.86. The van der Waals surface area contributed by atoms with Crippen LogP contribution in [0.15, 0.2) is 23.6 Å². The zero-order valence-corrected chi connectivity index (χ0v) is 11.7. The van der Waals surface area contributed by atoms with E-state index >= 15 is 0 Å². The number of nitrogens with zero attached hydrogens (tertiary/aromatic N) is 1. The maximum Gasteiger partial charge on any atom is 0.165 e. The van der Waals surface area contributed by atoms with Gasteiger partial charge < -0.3 is 9.84 Å². The SMILES string of the molecule is CC(C)c1nc(COc2c(F)cccc2CO)cs1. The van der Waals surface area contributed by atoms with E-state index in [1.54, 1.807) is 23.5 Å². The Hall–Kier alpha value is -1.46. The van der Waals surface area contributed by atoms with Crippen molar-refractivity contribution >= 4 is 11.3 Å². The first-order valence-corrected chi connectivity index (χ1v) is 6.95. The largest absolute Gasteiger partial charge is 0.484 e. The van der Waals surface area contributed by atoms with Crippen LogP contribution >= 0.6 is 11.3 Å². The number of thiazole rings is 1. The molecule has 2 aromatic rings. The highest BCUT2D eigenvalue weighted by Crippen LogP contribution is 2.25. The molecule has 0 atom stereocenters. The summed E-state index contributed by atoms with van der Waals surface area (Å²) in [6, 6.07) is 4.50. The van der Waals surface area contributed by atoms with Gasteiger partial charge >= 0.3 is 0 Å². The standard InChI is InChI=1S/C14H16FNO2S/c1-9(2)14-16-11(8-19-14)7-18-13-10(6-17)4-3-5-12(13)15/h3-5,8-9,17H,6-7H2,1-2H3. The Labute approximate surface area is 115 Å². The van der Waals surface area contributed by atoms with Crippen LogP contribution in [0, 0.1) is 5.82 Å². The zero-order chi connectivity index (χ0) is 13.8. The van der Waals surface area contributed by atoms with Gasteiger partial charge in [-0.3, -0.25) is 0 Å². The molecule has 0 saturated heterocycles. The second kappa shape index (κ2) is 6.12. The van der Waals surface area contributed by atoms with Gasteiger partial charge in [0.25, 0.3) is 0 Å². The number of aliphatic hydroxyl groups excluding tert-OH is 1. The summed E-state index contributed by atoms with van der Waals surface area (Å²) in [5.41, 5.74) is 1.22. The highest BCUT2D eigenvalue weighted by atomic mass is 32.1. The molecule has 1 aromatic heterocycles. The molecule has 0 aliphatic rings. The van der Waals surface area contributed by atoms with E-state index < -0.39 is 5.82 Å². The van der Waals surface area contributed by atoms with Crippen LogP contribution in [-0.2, 0) is 13.2 Å². The predicted octanol–water partition coefficient (Wildman–Crippen LogP) is 3.48. The lowest BCUT2D eigenvalue weighted by molar-refractivity contribution is 0.250. The van der Waals surface area contributed by atoms with E-state index in [4.69, 9.17) is 9.84 Å². The number of para-hydroxylation sites is 1. The van der Waals surface area contributed by atoms with Crippen LogP contribution in [-0.4, -0.2) is 10.1 Å². The molecule has 19 heavy (non-hydrogen) atoms. The van der Waals surface area contributed by atoms with Gasteiger partial charge in [-0.15, -0.1) is 11.3 Å². The van der Waals surface area contributed by atoms with Crippen molar-refractivity contribution in [2.75, 3.05) is 0 Å². The molecule has 0 unspecified atom stereocenters. The summed E-state index contributed by atoms with van der Waals surface area (Å²) < 4.78 is 19.1. The van der Waals surface area contributed by atoms with Gasteiger partial charge in [-0.1, -0.05) is 26.0 Å². The van der Waals surface area contributed by atoms with Crippen LogP contribution in [0.3, 0.4) is 0 Å². The van der Waals surface area contributed by atoms with E-state index in [1.807, 2.05) is 5.38 Å². The average molecular weight is 281 g/mol.